The summed E-state index contributed by atoms with van der Waals surface area (Å²) >= 11 is 0. The first-order valence-corrected chi connectivity index (χ1v) is 16.9. The number of piperidine rings is 1. The molecule has 1 aliphatic rings. The molecular formula is C38H54N3O5+. The Bertz CT molecular complexity index is 1310. The van der Waals surface area contributed by atoms with Gasteiger partial charge in [-0.15, -0.1) is 0 Å². The summed E-state index contributed by atoms with van der Waals surface area (Å²) in [5.41, 5.74) is 3.85. The zero-order chi connectivity index (χ0) is 32.6. The number of likely N-dealkylation sites (N-methyl/N-ethyl adjacent to an activating group) is 1. The number of likely N-dealkylation sites (tertiary alicyclic amines) is 1. The lowest BCUT2D eigenvalue weighted by Gasteiger charge is -2.34. The molecule has 46 heavy (non-hydrogen) atoms. The third-order valence-corrected chi connectivity index (χ3v) is 8.79. The molecule has 0 saturated carbocycles. The van der Waals surface area contributed by atoms with E-state index in [1.165, 1.54) is 6.42 Å². The standard InChI is InChI=1S/C38H53N3O5/c1-41(2,27-13-4-5-14-28-45-30-32-17-9-12-20-37(32)44-3)29-33(42)21-24-40-25-22-34(23-26-40)46-38(43)39-36-19-11-10-18-35(36)31-15-7-6-8-16-31/h6-12,15-20,33-34,42H,4-5,13-14,21-30H2,1-3H3/p+1. The molecule has 1 fully saturated rings. The van der Waals surface area contributed by atoms with Gasteiger partial charge >= 0.3 is 6.09 Å². The van der Waals surface area contributed by atoms with Crippen molar-refractivity contribution < 1.29 is 28.6 Å². The fourth-order valence-corrected chi connectivity index (χ4v) is 6.19. The molecule has 0 spiro atoms. The van der Waals surface area contributed by atoms with E-state index >= 15 is 0 Å². The predicted octanol–water partition coefficient (Wildman–Crippen LogP) is 6.98. The number of carbonyl (C=O) groups excluding carboxylic acids is 1. The minimum Gasteiger partial charge on any atom is -0.496 e. The summed E-state index contributed by atoms with van der Waals surface area (Å²) < 4.78 is 17.9. The van der Waals surface area contributed by atoms with Gasteiger partial charge in [0, 0.05) is 37.4 Å². The molecule has 1 amide bonds. The first-order chi connectivity index (χ1) is 22.3. The number of anilines is 1. The van der Waals surface area contributed by atoms with Crippen LogP contribution in [0, 0.1) is 0 Å². The average molecular weight is 633 g/mol. The van der Waals surface area contributed by atoms with Gasteiger partial charge in [-0.05, 0) is 56.2 Å². The molecule has 1 saturated heterocycles. The van der Waals surface area contributed by atoms with Crippen molar-refractivity contribution in [3.63, 3.8) is 0 Å². The van der Waals surface area contributed by atoms with Crippen LogP contribution < -0.4 is 10.1 Å². The lowest BCUT2D eigenvalue weighted by Crippen LogP contribution is -2.47. The molecule has 8 nitrogen and oxygen atoms in total. The maximum atomic E-state index is 12.7. The van der Waals surface area contributed by atoms with Crippen LogP contribution in [0.2, 0.25) is 0 Å². The number of rotatable bonds is 18. The fourth-order valence-electron chi connectivity index (χ4n) is 6.19. The van der Waals surface area contributed by atoms with Gasteiger partial charge in [0.1, 0.15) is 24.5 Å². The molecule has 1 unspecified atom stereocenters. The highest BCUT2D eigenvalue weighted by Gasteiger charge is 2.25. The Morgan fingerprint density at radius 3 is 2.41 bits per heavy atom. The van der Waals surface area contributed by atoms with E-state index in [1.54, 1.807) is 7.11 Å². The van der Waals surface area contributed by atoms with Crippen LogP contribution in [0.4, 0.5) is 10.5 Å². The van der Waals surface area contributed by atoms with Gasteiger partial charge in [0.2, 0.25) is 0 Å². The van der Waals surface area contributed by atoms with Crippen molar-refractivity contribution in [3.8, 4) is 16.9 Å². The number of hydrogen-bond acceptors (Lipinski definition) is 6. The van der Waals surface area contributed by atoms with Crippen molar-refractivity contribution in [2.45, 2.75) is 63.8 Å². The number of para-hydroxylation sites is 2. The monoisotopic (exact) mass is 632 g/mol. The summed E-state index contributed by atoms with van der Waals surface area (Å²) in [5, 5.41) is 13.8. The minimum atomic E-state index is -0.408. The molecule has 0 radical (unpaired) electrons. The quantitative estimate of drug-likeness (QED) is 0.116. The van der Waals surface area contributed by atoms with Gasteiger partial charge in [0.25, 0.3) is 0 Å². The first-order valence-electron chi connectivity index (χ1n) is 16.9. The third-order valence-electron chi connectivity index (χ3n) is 8.79. The zero-order valence-electron chi connectivity index (χ0n) is 28.0. The van der Waals surface area contributed by atoms with Gasteiger partial charge in [-0.1, -0.05) is 73.2 Å². The molecule has 4 rings (SSSR count). The van der Waals surface area contributed by atoms with Crippen molar-refractivity contribution in [1.29, 1.82) is 0 Å². The molecule has 250 valence electrons. The third kappa shape index (κ3) is 12.1. The number of ether oxygens (including phenoxy) is 3. The Morgan fingerprint density at radius 1 is 0.935 bits per heavy atom. The van der Waals surface area contributed by atoms with Crippen LogP contribution in [0.25, 0.3) is 11.1 Å². The molecule has 3 aromatic rings. The molecule has 0 aromatic heterocycles. The molecule has 0 aliphatic carbocycles. The Labute approximate surface area is 275 Å². The molecule has 3 aromatic carbocycles. The van der Waals surface area contributed by atoms with E-state index in [0.717, 1.165) is 110 Å². The maximum Gasteiger partial charge on any atom is 0.411 e. The summed E-state index contributed by atoms with van der Waals surface area (Å²) in [6.07, 6.45) is 6.05. The largest absolute Gasteiger partial charge is 0.496 e. The van der Waals surface area contributed by atoms with E-state index in [1.807, 2.05) is 78.9 Å². The number of hydrogen-bond donors (Lipinski definition) is 2. The Kier molecular flexibility index (Phi) is 14.4. The van der Waals surface area contributed by atoms with E-state index in [9.17, 15) is 9.90 Å². The van der Waals surface area contributed by atoms with Gasteiger partial charge in [0.05, 0.1) is 40.0 Å². The summed E-state index contributed by atoms with van der Waals surface area (Å²) in [6.45, 7) is 5.75. The van der Waals surface area contributed by atoms with E-state index < -0.39 is 6.09 Å². The van der Waals surface area contributed by atoms with Gasteiger partial charge in [-0.2, -0.15) is 0 Å². The second-order valence-electron chi connectivity index (χ2n) is 13.0. The summed E-state index contributed by atoms with van der Waals surface area (Å²) in [5.74, 6) is 0.877. The topological polar surface area (TPSA) is 80.3 Å². The maximum absolute atomic E-state index is 12.7. The summed E-state index contributed by atoms with van der Waals surface area (Å²) in [4.78, 5) is 15.1. The highest BCUT2D eigenvalue weighted by Crippen LogP contribution is 2.28. The molecule has 1 heterocycles. The Hall–Kier alpha value is -3.43. The number of nitrogens with zero attached hydrogens (tertiary/aromatic N) is 2. The number of unbranched alkanes of at least 4 members (excludes halogenated alkanes) is 3. The van der Waals surface area contributed by atoms with Crippen LogP contribution in [0.15, 0.2) is 78.9 Å². The van der Waals surface area contributed by atoms with Crippen LogP contribution in [-0.4, -0.2) is 93.3 Å². The van der Waals surface area contributed by atoms with Crippen molar-refractivity contribution in [2.75, 3.05) is 65.9 Å². The number of carbonyl (C=O) groups is 1. The smallest absolute Gasteiger partial charge is 0.411 e. The second kappa shape index (κ2) is 18.6. The summed E-state index contributed by atoms with van der Waals surface area (Å²) in [6, 6.07) is 25.8. The van der Waals surface area contributed by atoms with Crippen LogP contribution >= 0.6 is 0 Å². The number of amides is 1. The van der Waals surface area contributed by atoms with Crippen molar-refractivity contribution >= 4 is 11.8 Å². The number of quaternary nitrogens is 1. The number of methoxy groups -OCH3 is 1. The Morgan fingerprint density at radius 2 is 1.63 bits per heavy atom. The van der Waals surface area contributed by atoms with Gasteiger partial charge in [-0.3, -0.25) is 5.32 Å². The first kappa shape index (κ1) is 35.4. The van der Waals surface area contributed by atoms with Crippen molar-refractivity contribution in [2.24, 2.45) is 0 Å². The second-order valence-corrected chi connectivity index (χ2v) is 13.0. The minimum absolute atomic E-state index is 0.0976. The lowest BCUT2D eigenvalue weighted by molar-refractivity contribution is -0.893. The number of aliphatic hydroxyl groups excluding tert-OH is 1. The van der Waals surface area contributed by atoms with Crippen LogP contribution in [0.3, 0.4) is 0 Å². The zero-order valence-corrected chi connectivity index (χ0v) is 28.0. The van der Waals surface area contributed by atoms with E-state index in [4.69, 9.17) is 14.2 Å². The van der Waals surface area contributed by atoms with Crippen molar-refractivity contribution in [1.82, 2.24) is 4.90 Å². The SMILES string of the molecule is COc1ccccc1COCCCCCC[N+](C)(C)CC(O)CCN1CCC(OC(=O)Nc2ccccc2-c2ccccc2)CC1. The molecule has 0 bridgehead atoms. The van der Waals surface area contributed by atoms with E-state index in [2.05, 4.69) is 24.3 Å². The van der Waals surface area contributed by atoms with E-state index in [-0.39, 0.29) is 12.2 Å². The number of nitrogens with one attached hydrogen (secondary N) is 1. The number of benzene rings is 3. The van der Waals surface area contributed by atoms with E-state index in [0.29, 0.717) is 6.61 Å². The normalized spacial score (nSPS) is 15.0. The van der Waals surface area contributed by atoms with Gasteiger partial charge in [0.15, 0.2) is 0 Å². The van der Waals surface area contributed by atoms with Gasteiger partial charge < -0.3 is 28.7 Å². The van der Waals surface area contributed by atoms with Gasteiger partial charge in [-0.25, -0.2) is 4.79 Å². The molecular weight excluding hydrogens is 578 g/mol. The number of aliphatic hydroxyl groups is 1. The van der Waals surface area contributed by atoms with Crippen LogP contribution in [0.5, 0.6) is 5.75 Å². The molecule has 1 atom stereocenters. The fraction of sp³-hybridized carbons (Fsp3) is 0.500. The Balaban J connectivity index is 1.04. The lowest BCUT2D eigenvalue weighted by atomic mass is 10.0. The summed E-state index contributed by atoms with van der Waals surface area (Å²) in [7, 11) is 6.12. The van der Waals surface area contributed by atoms with Crippen LogP contribution in [-0.2, 0) is 16.1 Å². The highest BCUT2D eigenvalue weighted by molar-refractivity contribution is 5.91. The average Bonchev–Trinajstić information content (AvgIpc) is 3.06. The van der Waals surface area contributed by atoms with Crippen molar-refractivity contribution in [3.05, 3.63) is 84.4 Å². The predicted molar refractivity (Wildman–Crippen MR) is 185 cm³/mol. The molecule has 2 N–H and O–H groups in total. The highest BCUT2D eigenvalue weighted by atomic mass is 16.6. The molecule has 8 heteroatoms. The van der Waals surface area contributed by atoms with Crippen LogP contribution in [0.1, 0.15) is 50.5 Å². The molecule has 1 aliphatic heterocycles.